The van der Waals surface area contributed by atoms with Crippen LogP contribution in [0.1, 0.15) is 103 Å². The number of unbranched alkanes of at least 4 members (excludes halogenated alkanes) is 9. The Morgan fingerprint density at radius 2 is 1.42 bits per heavy atom. The number of ether oxygens (including phenoxy) is 1. The minimum atomic E-state index is -0.909. The molecule has 0 amide bonds. The topological polar surface area (TPSA) is 83.8 Å². The van der Waals surface area contributed by atoms with E-state index >= 15 is 0 Å². The number of carbonyl (C=O) groups is 2. The number of hydrogen-bond donors (Lipinski definition) is 2. The van der Waals surface area contributed by atoms with Crippen LogP contribution in [0.2, 0.25) is 0 Å². The van der Waals surface area contributed by atoms with E-state index in [4.69, 9.17) is 9.84 Å². The first-order valence-electron chi connectivity index (χ1n) is 12.2. The van der Waals surface area contributed by atoms with Crippen molar-refractivity contribution < 1.29 is 29.0 Å². The number of hydrogen-bond acceptors (Lipinski definition) is 4. The quantitative estimate of drug-likeness (QED) is 0.0863. The zero-order valence-corrected chi connectivity index (χ0v) is 20.5. The second kappa shape index (κ2) is 18.2. The highest BCUT2D eigenvalue weighted by Crippen LogP contribution is 2.15. The van der Waals surface area contributed by atoms with Gasteiger partial charge in [0.15, 0.2) is 0 Å². The lowest BCUT2D eigenvalue weighted by Gasteiger charge is -2.33. The zero-order chi connectivity index (χ0) is 23.5. The van der Waals surface area contributed by atoms with Gasteiger partial charge in [-0.25, -0.2) is 0 Å². The average molecular weight is 443 g/mol. The molecule has 0 saturated heterocycles. The summed E-state index contributed by atoms with van der Waals surface area (Å²) in [4.78, 5) is 22.9. The van der Waals surface area contributed by atoms with E-state index in [0.717, 1.165) is 25.7 Å². The van der Waals surface area contributed by atoms with Gasteiger partial charge in [0, 0.05) is 6.42 Å². The van der Waals surface area contributed by atoms with Crippen molar-refractivity contribution >= 4 is 11.9 Å². The van der Waals surface area contributed by atoms with Crippen molar-refractivity contribution in [3.63, 3.8) is 0 Å². The fourth-order valence-corrected chi connectivity index (χ4v) is 3.44. The van der Waals surface area contributed by atoms with Gasteiger partial charge in [-0.2, -0.15) is 0 Å². The van der Waals surface area contributed by atoms with Crippen LogP contribution >= 0.6 is 0 Å². The molecule has 0 aromatic rings. The summed E-state index contributed by atoms with van der Waals surface area (Å²) in [5, 5.41) is 19.0. The van der Waals surface area contributed by atoms with Gasteiger partial charge in [0.1, 0.15) is 0 Å². The summed E-state index contributed by atoms with van der Waals surface area (Å²) in [6, 6.07) is 0. The van der Waals surface area contributed by atoms with Gasteiger partial charge in [0.25, 0.3) is 0 Å². The van der Waals surface area contributed by atoms with Gasteiger partial charge in [-0.1, -0.05) is 64.0 Å². The van der Waals surface area contributed by atoms with Crippen molar-refractivity contribution in [1.29, 1.82) is 0 Å². The summed E-state index contributed by atoms with van der Waals surface area (Å²) in [5.74, 6) is -1.37. The molecule has 1 unspecified atom stereocenters. The molecule has 0 aliphatic rings. The van der Waals surface area contributed by atoms with Crippen LogP contribution in [-0.2, 0) is 14.3 Å². The first-order valence-corrected chi connectivity index (χ1v) is 12.2. The first-order chi connectivity index (χ1) is 14.7. The van der Waals surface area contributed by atoms with Crippen LogP contribution in [0, 0.1) is 0 Å². The molecule has 0 bridgehead atoms. The van der Waals surface area contributed by atoms with Gasteiger partial charge in [0.05, 0.1) is 40.1 Å². The average Bonchev–Trinajstić information content (AvgIpc) is 2.67. The molecule has 2 atom stereocenters. The van der Waals surface area contributed by atoms with Crippen LogP contribution in [0.15, 0.2) is 12.2 Å². The predicted molar refractivity (Wildman–Crippen MR) is 126 cm³/mol. The molecule has 6 nitrogen and oxygen atoms in total. The molecule has 182 valence electrons. The summed E-state index contributed by atoms with van der Waals surface area (Å²) >= 11 is 0. The Bertz CT molecular complexity index is 499. The number of carboxylic acid groups (broad SMARTS) is 1. The number of carbonyl (C=O) groups excluding carboxylic acids is 1. The maximum atomic E-state index is 12.1. The molecule has 0 radical (unpaired) electrons. The van der Waals surface area contributed by atoms with Crippen LogP contribution in [0.5, 0.6) is 0 Å². The Balaban J connectivity index is 3.81. The second-order valence-corrected chi connectivity index (χ2v) is 9.52. The third-order valence-electron chi connectivity index (χ3n) is 5.44. The normalized spacial score (nSPS) is 14.0. The summed E-state index contributed by atoms with van der Waals surface area (Å²) in [6.45, 7) is 2.24. The molecular formula is C25H48NO5+. The molecule has 0 saturated carbocycles. The van der Waals surface area contributed by atoms with E-state index in [1.807, 2.05) is 21.1 Å². The standard InChI is InChI=1S/C25H47NO5/c1-5-6-7-8-9-10-11-12-13-14-15-16-17-18-22(27)21-25(30)31-23(26(2,3)4)19-20-24(28)29/h10-11,22-23,27H,5-9,12-21H2,1-4H3/p+1/b11-10-/t22?,23-/m0/s1. The maximum Gasteiger partial charge on any atom is 0.312 e. The molecule has 0 spiro atoms. The lowest BCUT2D eigenvalue weighted by Crippen LogP contribution is -2.48. The third kappa shape index (κ3) is 19.0. The summed E-state index contributed by atoms with van der Waals surface area (Å²) in [7, 11) is 5.58. The maximum absolute atomic E-state index is 12.1. The van der Waals surface area contributed by atoms with Crippen LogP contribution in [0.25, 0.3) is 0 Å². The Hall–Kier alpha value is -1.40. The Labute approximate surface area is 190 Å². The molecule has 0 aromatic carbocycles. The highest BCUT2D eigenvalue weighted by Gasteiger charge is 2.29. The number of rotatable bonds is 20. The van der Waals surface area contributed by atoms with Crippen molar-refractivity contribution in [3.05, 3.63) is 12.2 Å². The van der Waals surface area contributed by atoms with Crippen molar-refractivity contribution in [2.75, 3.05) is 21.1 Å². The summed E-state index contributed by atoms with van der Waals surface area (Å²) in [6.07, 6.45) is 17.3. The minimum Gasteiger partial charge on any atom is -0.481 e. The van der Waals surface area contributed by atoms with Crippen LogP contribution < -0.4 is 0 Å². The van der Waals surface area contributed by atoms with Gasteiger partial charge in [0.2, 0.25) is 6.23 Å². The lowest BCUT2D eigenvalue weighted by molar-refractivity contribution is -0.917. The highest BCUT2D eigenvalue weighted by atomic mass is 16.6. The van der Waals surface area contributed by atoms with E-state index in [1.54, 1.807) is 0 Å². The SMILES string of the molecule is CCCCCC/C=C\CCCCCCCC(O)CC(=O)O[C@@H](CCC(=O)O)[N+](C)(C)C. The van der Waals surface area contributed by atoms with Gasteiger partial charge >= 0.3 is 11.9 Å². The van der Waals surface area contributed by atoms with E-state index in [2.05, 4.69) is 19.1 Å². The first kappa shape index (κ1) is 29.6. The second-order valence-electron chi connectivity index (χ2n) is 9.52. The number of carboxylic acids is 1. The zero-order valence-electron chi connectivity index (χ0n) is 20.5. The molecule has 0 rings (SSSR count). The van der Waals surface area contributed by atoms with Crippen molar-refractivity contribution in [2.45, 2.75) is 116 Å². The van der Waals surface area contributed by atoms with Gasteiger partial charge in [-0.15, -0.1) is 0 Å². The molecule has 6 heteroatoms. The van der Waals surface area contributed by atoms with E-state index < -0.39 is 24.3 Å². The number of aliphatic hydroxyl groups is 1. The molecular weight excluding hydrogens is 394 g/mol. The van der Waals surface area contributed by atoms with Crippen LogP contribution in [0.3, 0.4) is 0 Å². The Morgan fingerprint density at radius 3 is 1.97 bits per heavy atom. The number of esters is 1. The smallest absolute Gasteiger partial charge is 0.312 e. The number of aliphatic hydroxyl groups excluding tert-OH is 1. The number of quaternary nitrogens is 1. The van der Waals surface area contributed by atoms with Crippen molar-refractivity contribution in [1.82, 2.24) is 0 Å². The van der Waals surface area contributed by atoms with Gasteiger partial charge < -0.3 is 14.9 Å². The van der Waals surface area contributed by atoms with E-state index in [0.29, 0.717) is 10.9 Å². The monoisotopic (exact) mass is 442 g/mol. The van der Waals surface area contributed by atoms with E-state index in [-0.39, 0.29) is 19.3 Å². The number of allylic oxidation sites excluding steroid dienone is 2. The molecule has 0 heterocycles. The highest BCUT2D eigenvalue weighted by molar-refractivity contribution is 5.70. The van der Waals surface area contributed by atoms with Crippen LogP contribution in [0.4, 0.5) is 0 Å². The third-order valence-corrected chi connectivity index (χ3v) is 5.44. The van der Waals surface area contributed by atoms with E-state index in [1.165, 1.54) is 44.9 Å². The molecule has 0 aliphatic carbocycles. The molecule has 2 N–H and O–H groups in total. The fourth-order valence-electron chi connectivity index (χ4n) is 3.44. The fraction of sp³-hybridized carbons (Fsp3) is 0.840. The summed E-state index contributed by atoms with van der Waals surface area (Å²) < 4.78 is 5.79. The summed E-state index contributed by atoms with van der Waals surface area (Å²) in [5.41, 5.74) is 0. The molecule has 0 aliphatic heterocycles. The van der Waals surface area contributed by atoms with E-state index in [9.17, 15) is 14.7 Å². The van der Waals surface area contributed by atoms with Crippen LogP contribution in [-0.4, -0.2) is 60.1 Å². The molecule has 0 fully saturated rings. The molecule has 31 heavy (non-hydrogen) atoms. The number of aliphatic carboxylic acids is 1. The predicted octanol–water partition coefficient (Wildman–Crippen LogP) is 5.44. The lowest BCUT2D eigenvalue weighted by atomic mass is 10.1. The molecule has 0 aromatic heterocycles. The Morgan fingerprint density at radius 1 is 0.871 bits per heavy atom. The largest absolute Gasteiger partial charge is 0.481 e. The van der Waals surface area contributed by atoms with Gasteiger partial charge in [-0.05, 0) is 32.1 Å². The van der Waals surface area contributed by atoms with Crippen molar-refractivity contribution in [2.24, 2.45) is 0 Å². The Kier molecular flexibility index (Phi) is 17.4. The number of nitrogens with zero attached hydrogens (tertiary/aromatic N) is 1. The minimum absolute atomic E-state index is 0.0351. The van der Waals surface area contributed by atoms with Gasteiger partial charge in [-0.3, -0.25) is 14.1 Å². The van der Waals surface area contributed by atoms with Crippen molar-refractivity contribution in [3.8, 4) is 0 Å².